The molecule has 6 heteroatoms. The van der Waals surface area contributed by atoms with E-state index < -0.39 is 10.1 Å². The Labute approximate surface area is 136 Å². The third-order valence-corrected chi connectivity index (χ3v) is 4.42. The minimum absolute atomic E-state index is 0.170. The highest BCUT2D eigenvalue weighted by Crippen LogP contribution is 2.03. The van der Waals surface area contributed by atoms with E-state index in [0.29, 0.717) is 30.7 Å². The molecular weight excluding hydrogens is 302 g/mol. The first-order chi connectivity index (χ1) is 10.3. The lowest BCUT2D eigenvalue weighted by molar-refractivity contribution is -0.890. The predicted molar refractivity (Wildman–Crippen MR) is 91.6 cm³/mol. The number of hydrogen-bond acceptors (Lipinski definition) is 3. The van der Waals surface area contributed by atoms with Gasteiger partial charge in [0.25, 0.3) is 10.1 Å². The van der Waals surface area contributed by atoms with Gasteiger partial charge in [-0.25, -0.2) is 0 Å². The van der Waals surface area contributed by atoms with E-state index in [4.69, 9.17) is 9.29 Å². The van der Waals surface area contributed by atoms with Crippen LogP contribution in [0.5, 0.6) is 0 Å². The SMILES string of the molecule is CCCCCCC=CCOCC[N+](C)(C)CCCS(=O)(=O)O. The summed E-state index contributed by atoms with van der Waals surface area (Å²) in [4.78, 5) is 0. The zero-order valence-corrected chi connectivity index (χ0v) is 15.3. The average Bonchev–Trinajstić information content (AvgIpc) is 2.39. The number of nitrogens with zero attached hydrogens (tertiary/aromatic N) is 1. The molecule has 0 aromatic heterocycles. The quantitative estimate of drug-likeness (QED) is 0.229. The van der Waals surface area contributed by atoms with Gasteiger partial charge in [-0.2, -0.15) is 8.42 Å². The first kappa shape index (κ1) is 21.6. The molecule has 0 aromatic rings. The van der Waals surface area contributed by atoms with Gasteiger partial charge in [-0.15, -0.1) is 0 Å². The molecule has 0 aliphatic heterocycles. The van der Waals surface area contributed by atoms with Crippen molar-refractivity contribution < 1.29 is 22.2 Å². The van der Waals surface area contributed by atoms with Crippen LogP contribution in [0.15, 0.2) is 12.2 Å². The topological polar surface area (TPSA) is 63.6 Å². The Morgan fingerprint density at radius 2 is 1.77 bits per heavy atom. The summed E-state index contributed by atoms with van der Waals surface area (Å²) in [7, 11) is 0.236. The summed E-state index contributed by atoms with van der Waals surface area (Å²) in [6.07, 6.45) is 11.0. The Morgan fingerprint density at radius 3 is 2.41 bits per heavy atom. The highest BCUT2D eigenvalue weighted by atomic mass is 32.2. The molecule has 0 radical (unpaired) electrons. The Hall–Kier alpha value is -0.430. The monoisotopic (exact) mass is 336 g/mol. The van der Waals surface area contributed by atoms with E-state index >= 15 is 0 Å². The Balaban J connectivity index is 3.57. The second kappa shape index (κ2) is 12.0. The standard InChI is InChI=1S/C16H33NO4S/c1-4-5-6-7-8-9-10-14-21-15-13-17(2,3)12-11-16-22(18,19)20/h9-10H,4-8,11-16H2,1-3H3/p+1. The van der Waals surface area contributed by atoms with Gasteiger partial charge >= 0.3 is 0 Å². The molecular formula is C16H34NO4S+. The summed E-state index contributed by atoms with van der Waals surface area (Å²) in [5, 5.41) is 0. The molecule has 0 saturated carbocycles. The van der Waals surface area contributed by atoms with E-state index in [0.717, 1.165) is 13.0 Å². The van der Waals surface area contributed by atoms with Crippen molar-refractivity contribution in [3.8, 4) is 0 Å². The van der Waals surface area contributed by atoms with E-state index in [2.05, 4.69) is 19.1 Å². The average molecular weight is 337 g/mol. The number of hydrogen-bond donors (Lipinski definition) is 1. The highest BCUT2D eigenvalue weighted by Gasteiger charge is 2.16. The van der Waals surface area contributed by atoms with Gasteiger partial charge in [0.1, 0.15) is 6.54 Å². The van der Waals surface area contributed by atoms with Crippen LogP contribution in [0.4, 0.5) is 0 Å². The molecule has 0 unspecified atom stereocenters. The second-order valence-corrected chi connectivity index (χ2v) is 7.99. The van der Waals surface area contributed by atoms with Crippen LogP contribution >= 0.6 is 0 Å². The van der Waals surface area contributed by atoms with Crippen LogP contribution in [0.1, 0.15) is 45.4 Å². The minimum atomic E-state index is -3.84. The third-order valence-electron chi connectivity index (χ3n) is 3.61. The number of rotatable bonds is 14. The van der Waals surface area contributed by atoms with Crippen molar-refractivity contribution in [3.63, 3.8) is 0 Å². The first-order valence-corrected chi connectivity index (χ1v) is 9.87. The van der Waals surface area contributed by atoms with Crippen LogP contribution in [0.25, 0.3) is 0 Å². The van der Waals surface area contributed by atoms with Crippen molar-refractivity contribution in [1.29, 1.82) is 0 Å². The summed E-state index contributed by atoms with van der Waals surface area (Å²) in [6, 6.07) is 0. The molecule has 1 N–H and O–H groups in total. The lowest BCUT2D eigenvalue weighted by atomic mass is 10.1. The van der Waals surface area contributed by atoms with Gasteiger partial charge in [-0.05, 0) is 12.8 Å². The van der Waals surface area contributed by atoms with Crippen molar-refractivity contribution in [2.45, 2.75) is 45.4 Å². The van der Waals surface area contributed by atoms with Gasteiger partial charge in [0.15, 0.2) is 0 Å². The van der Waals surface area contributed by atoms with Crippen molar-refractivity contribution in [2.24, 2.45) is 0 Å². The van der Waals surface area contributed by atoms with Crippen molar-refractivity contribution >= 4 is 10.1 Å². The fourth-order valence-corrected chi connectivity index (χ4v) is 2.62. The molecule has 5 nitrogen and oxygen atoms in total. The summed E-state index contributed by atoms with van der Waals surface area (Å²) >= 11 is 0. The van der Waals surface area contributed by atoms with Gasteiger partial charge in [0, 0.05) is 6.42 Å². The van der Waals surface area contributed by atoms with Gasteiger partial charge in [0.2, 0.25) is 0 Å². The van der Waals surface area contributed by atoms with Crippen LogP contribution < -0.4 is 0 Å². The maximum Gasteiger partial charge on any atom is 0.265 e. The number of quaternary nitrogens is 1. The lowest BCUT2D eigenvalue weighted by Gasteiger charge is -2.29. The van der Waals surface area contributed by atoms with E-state index in [-0.39, 0.29) is 5.75 Å². The third kappa shape index (κ3) is 15.9. The van der Waals surface area contributed by atoms with Crippen molar-refractivity contribution in [1.82, 2.24) is 0 Å². The Bertz CT molecular complexity index is 391. The molecule has 0 bridgehead atoms. The van der Waals surface area contributed by atoms with Gasteiger partial charge in [-0.3, -0.25) is 4.55 Å². The molecule has 0 fully saturated rings. The molecule has 0 amide bonds. The fourth-order valence-electron chi connectivity index (χ4n) is 2.12. The maximum atomic E-state index is 10.7. The molecule has 0 aromatic carbocycles. The van der Waals surface area contributed by atoms with Crippen molar-refractivity contribution in [3.05, 3.63) is 12.2 Å². The van der Waals surface area contributed by atoms with E-state index in [1.807, 2.05) is 14.1 Å². The number of unbranched alkanes of at least 4 members (excludes halogenated alkanes) is 4. The molecule has 132 valence electrons. The van der Waals surface area contributed by atoms with E-state index in [1.165, 1.54) is 25.7 Å². The highest BCUT2D eigenvalue weighted by molar-refractivity contribution is 7.85. The first-order valence-electron chi connectivity index (χ1n) is 8.27. The molecule has 0 spiro atoms. The molecule has 22 heavy (non-hydrogen) atoms. The molecule has 0 aliphatic rings. The predicted octanol–water partition coefficient (Wildman–Crippen LogP) is 2.88. The van der Waals surface area contributed by atoms with E-state index in [9.17, 15) is 8.42 Å². The van der Waals surface area contributed by atoms with Gasteiger partial charge in [-0.1, -0.05) is 38.3 Å². The summed E-state index contributed by atoms with van der Waals surface area (Å²) < 4.78 is 36.3. The Morgan fingerprint density at radius 1 is 1.05 bits per heavy atom. The minimum Gasteiger partial charge on any atom is -0.372 e. The van der Waals surface area contributed by atoms with Crippen LogP contribution in [0, 0.1) is 0 Å². The van der Waals surface area contributed by atoms with Gasteiger partial charge < -0.3 is 9.22 Å². The van der Waals surface area contributed by atoms with Crippen LogP contribution in [0.2, 0.25) is 0 Å². The fraction of sp³-hybridized carbons (Fsp3) is 0.875. The van der Waals surface area contributed by atoms with Crippen molar-refractivity contribution in [2.75, 3.05) is 46.2 Å². The maximum absolute atomic E-state index is 10.7. The molecule has 0 saturated heterocycles. The zero-order chi connectivity index (χ0) is 16.9. The summed E-state index contributed by atoms with van der Waals surface area (Å²) in [5.74, 6) is -0.170. The largest absolute Gasteiger partial charge is 0.372 e. The van der Waals surface area contributed by atoms with Gasteiger partial charge in [0.05, 0.1) is 39.6 Å². The smallest absolute Gasteiger partial charge is 0.265 e. The Kier molecular flexibility index (Phi) is 11.8. The molecule has 0 aliphatic carbocycles. The molecule has 0 heterocycles. The number of ether oxygens (including phenoxy) is 1. The molecule has 0 atom stereocenters. The van der Waals surface area contributed by atoms with Crippen LogP contribution in [-0.2, 0) is 14.9 Å². The second-order valence-electron chi connectivity index (χ2n) is 6.42. The zero-order valence-electron chi connectivity index (χ0n) is 14.5. The van der Waals surface area contributed by atoms with Crippen LogP contribution in [-0.4, -0.2) is 63.6 Å². The number of likely N-dealkylation sites (N-methyl/N-ethyl adjacent to an activating group) is 1. The van der Waals surface area contributed by atoms with E-state index in [1.54, 1.807) is 0 Å². The summed E-state index contributed by atoms with van der Waals surface area (Å²) in [5.41, 5.74) is 0. The summed E-state index contributed by atoms with van der Waals surface area (Å²) in [6.45, 7) is 5.04. The normalized spacial score (nSPS) is 13.1. The number of allylic oxidation sites excluding steroid dienone is 1. The lowest BCUT2D eigenvalue weighted by Crippen LogP contribution is -2.43. The molecule has 0 rings (SSSR count). The van der Waals surface area contributed by atoms with Crippen LogP contribution in [0.3, 0.4) is 0 Å².